The van der Waals surface area contributed by atoms with E-state index in [2.05, 4.69) is 10.6 Å². The zero-order chi connectivity index (χ0) is 32.6. The molecule has 45 heavy (non-hydrogen) atoms. The van der Waals surface area contributed by atoms with Gasteiger partial charge >= 0.3 is 24.1 Å². The molecule has 2 aliphatic rings. The predicted molar refractivity (Wildman–Crippen MR) is 159 cm³/mol. The number of aliphatic hydroxyl groups is 2. The lowest BCUT2D eigenvalue weighted by molar-refractivity contribution is -0.162. The summed E-state index contributed by atoms with van der Waals surface area (Å²) in [4.78, 5) is 46.5. The van der Waals surface area contributed by atoms with E-state index in [0.717, 1.165) is 11.1 Å². The molecule has 2 amide bonds. The fourth-order valence-corrected chi connectivity index (χ4v) is 5.31. The fourth-order valence-electron chi connectivity index (χ4n) is 5.31. The van der Waals surface area contributed by atoms with Gasteiger partial charge in [0, 0.05) is 19.2 Å². The van der Waals surface area contributed by atoms with Gasteiger partial charge in [0.15, 0.2) is 6.79 Å². The van der Waals surface area contributed by atoms with Crippen LogP contribution in [0.15, 0.2) is 60.7 Å². The second-order valence-electron chi connectivity index (χ2n) is 11.1. The lowest BCUT2D eigenvalue weighted by Gasteiger charge is -2.31. The number of hydrogen-bond acceptors (Lipinski definition) is 10. The molecule has 6 atom stereocenters. The summed E-state index contributed by atoms with van der Waals surface area (Å²) >= 11 is 0. The van der Waals surface area contributed by atoms with Crippen LogP contribution in [0, 0.1) is 11.8 Å². The number of esters is 1. The topological polar surface area (TPSA) is 190 Å². The first-order valence-corrected chi connectivity index (χ1v) is 14.8. The molecule has 0 unspecified atom stereocenters. The van der Waals surface area contributed by atoms with Crippen LogP contribution in [0.3, 0.4) is 0 Å². The van der Waals surface area contributed by atoms with E-state index in [1.807, 2.05) is 60.7 Å². The molecular weight excluding hydrogens is 588 g/mol. The van der Waals surface area contributed by atoms with E-state index in [-0.39, 0.29) is 38.5 Å². The Labute approximate surface area is 261 Å². The van der Waals surface area contributed by atoms with Gasteiger partial charge in [-0.1, -0.05) is 60.7 Å². The summed E-state index contributed by atoms with van der Waals surface area (Å²) in [7, 11) is 1.43. The average molecular weight is 631 g/mol. The van der Waals surface area contributed by atoms with E-state index in [1.165, 1.54) is 7.11 Å². The van der Waals surface area contributed by atoms with E-state index in [9.17, 15) is 29.4 Å². The van der Waals surface area contributed by atoms with Crippen molar-refractivity contribution in [2.75, 3.05) is 13.9 Å². The second-order valence-corrected chi connectivity index (χ2v) is 11.1. The molecule has 246 valence electrons. The first-order chi connectivity index (χ1) is 21.6. The van der Waals surface area contributed by atoms with Crippen LogP contribution >= 0.6 is 0 Å². The van der Waals surface area contributed by atoms with Gasteiger partial charge in [0.2, 0.25) is 0 Å². The highest BCUT2D eigenvalue weighted by Gasteiger charge is 2.34. The van der Waals surface area contributed by atoms with Crippen LogP contribution in [0.2, 0.25) is 0 Å². The van der Waals surface area contributed by atoms with Gasteiger partial charge in [-0.3, -0.25) is 9.59 Å². The maximum atomic E-state index is 11.9. The van der Waals surface area contributed by atoms with Crippen molar-refractivity contribution in [2.45, 2.75) is 76.0 Å². The van der Waals surface area contributed by atoms with Gasteiger partial charge in [-0.15, -0.1) is 0 Å². The molecule has 13 heteroatoms. The number of carboxylic acid groups (broad SMARTS) is 1. The summed E-state index contributed by atoms with van der Waals surface area (Å²) in [5.74, 6) is -2.48. The molecule has 0 heterocycles. The maximum absolute atomic E-state index is 11.9. The lowest BCUT2D eigenvalue weighted by Crippen LogP contribution is -2.44. The van der Waals surface area contributed by atoms with Crippen LogP contribution in [0.25, 0.3) is 0 Å². The van der Waals surface area contributed by atoms with Crippen molar-refractivity contribution in [3.8, 4) is 0 Å². The van der Waals surface area contributed by atoms with Crippen molar-refractivity contribution >= 4 is 24.1 Å². The minimum Gasteiger partial charge on any atom is -0.481 e. The maximum Gasteiger partial charge on any atom is 0.407 e. The van der Waals surface area contributed by atoms with Gasteiger partial charge in [-0.2, -0.15) is 0 Å². The van der Waals surface area contributed by atoms with Crippen molar-refractivity contribution in [1.29, 1.82) is 0 Å². The molecule has 2 saturated carbocycles. The van der Waals surface area contributed by atoms with Gasteiger partial charge < -0.3 is 44.9 Å². The van der Waals surface area contributed by atoms with Crippen molar-refractivity contribution in [1.82, 2.24) is 10.6 Å². The zero-order valence-electron chi connectivity index (χ0n) is 25.2. The predicted octanol–water partition coefficient (Wildman–Crippen LogP) is 3.12. The number of carbonyl (C=O) groups excluding carboxylic acids is 3. The molecule has 2 fully saturated rings. The highest BCUT2D eigenvalue weighted by Crippen LogP contribution is 2.27. The number of aliphatic hydroxyl groups excluding tert-OH is 2. The van der Waals surface area contributed by atoms with E-state index in [0.29, 0.717) is 32.1 Å². The fraction of sp³-hybridized carbons (Fsp3) is 0.500. The number of hydrogen-bond donors (Lipinski definition) is 5. The number of carboxylic acids is 1. The molecule has 2 aromatic carbocycles. The number of alkyl carbamates (subject to hydrolysis) is 2. The van der Waals surface area contributed by atoms with Gasteiger partial charge in [0.25, 0.3) is 0 Å². The Morgan fingerprint density at radius 2 is 1.11 bits per heavy atom. The molecular formula is C32H42N2O11. The number of rotatable bonds is 10. The number of amides is 2. The summed E-state index contributed by atoms with van der Waals surface area (Å²) in [6, 6.07) is 17.9. The van der Waals surface area contributed by atoms with Crippen molar-refractivity contribution in [3.63, 3.8) is 0 Å². The lowest BCUT2D eigenvalue weighted by atomic mass is 9.84. The summed E-state index contributed by atoms with van der Waals surface area (Å²) in [5.41, 5.74) is 1.76. The van der Waals surface area contributed by atoms with Gasteiger partial charge in [-0.05, 0) is 49.7 Å². The van der Waals surface area contributed by atoms with Crippen LogP contribution in [-0.4, -0.2) is 77.6 Å². The van der Waals surface area contributed by atoms with Crippen molar-refractivity contribution in [2.24, 2.45) is 11.8 Å². The van der Waals surface area contributed by atoms with Crippen LogP contribution < -0.4 is 10.6 Å². The molecule has 0 saturated heterocycles. The Bertz CT molecular complexity index is 1210. The number of carbonyl (C=O) groups is 4. The molecule has 2 aromatic rings. The highest BCUT2D eigenvalue weighted by molar-refractivity contribution is 5.73. The normalized spacial score (nSPS) is 24.2. The molecule has 13 nitrogen and oxygen atoms in total. The second kappa shape index (κ2) is 18.6. The highest BCUT2D eigenvalue weighted by atomic mass is 16.7. The Hall–Kier alpha value is -4.20. The number of aliphatic carboxylic acids is 1. The zero-order valence-corrected chi connectivity index (χ0v) is 25.2. The molecule has 4 rings (SSSR count). The van der Waals surface area contributed by atoms with E-state index in [4.69, 9.17) is 24.1 Å². The van der Waals surface area contributed by atoms with Crippen LogP contribution in [0.5, 0.6) is 0 Å². The van der Waals surface area contributed by atoms with Gasteiger partial charge in [0.05, 0.1) is 24.0 Å². The standard InChI is InChI=1S/C17H23NO6.C15H19NO5/c1-22-11-24-16(20)13-7-14(9-15(19)8-13)18-17(21)23-10-12-5-3-2-4-6-12;17-13-7-11(14(18)19)6-12(8-13)16-15(20)21-9-10-4-2-1-3-5-10/h2-6,13-15,19H,7-11H2,1H3,(H,18,21);1-5,11-13,17H,6-9H2,(H,16,20)(H,18,19)/t13-,14+,15-;11-,12+,13-/m00/s1. The molecule has 0 aromatic heterocycles. The quantitative estimate of drug-likeness (QED) is 0.147. The minimum atomic E-state index is -0.946. The molecule has 0 bridgehead atoms. The Kier molecular flexibility index (Phi) is 14.6. The summed E-state index contributed by atoms with van der Waals surface area (Å²) < 4.78 is 19.9. The SMILES string of the molecule is COCOC(=O)[C@@H]1C[C@H](O)C[C@H](NC(=O)OCc2ccccc2)C1.O=C(N[C@H]1C[C@@H](O)C[C@@H](C(=O)O)C1)OCc1ccccc1. The number of methoxy groups -OCH3 is 1. The van der Waals surface area contributed by atoms with Crippen molar-refractivity contribution < 1.29 is 53.4 Å². The summed E-state index contributed by atoms with van der Waals surface area (Å²) in [6.45, 7) is 0.203. The van der Waals surface area contributed by atoms with E-state index < -0.39 is 48.2 Å². The molecule has 0 radical (unpaired) electrons. The largest absolute Gasteiger partial charge is 0.481 e. The third kappa shape index (κ3) is 13.1. The van der Waals surface area contributed by atoms with Crippen molar-refractivity contribution in [3.05, 3.63) is 71.8 Å². The van der Waals surface area contributed by atoms with Gasteiger partial charge in [0.1, 0.15) is 13.2 Å². The smallest absolute Gasteiger partial charge is 0.407 e. The first-order valence-electron chi connectivity index (χ1n) is 14.8. The summed E-state index contributed by atoms with van der Waals surface area (Å²) in [5, 5.41) is 33.9. The van der Waals surface area contributed by atoms with Gasteiger partial charge in [-0.25, -0.2) is 9.59 Å². The third-order valence-electron chi connectivity index (χ3n) is 7.44. The first kappa shape index (κ1) is 35.3. The van der Waals surface area contributed by atoms with Crippen LogP contribution in [0.4, 0.5) is 9.59 Å². The molecule has 5 N–H and O–H groups in total. The van der Waals surface area contributed by atoms with Crippen LogP contribution in [-0.2, 0) is 41.8 Å². The Balaban J connectivity index is 0.000000248. The number of benzene rings is 2. The molecule has 2 aliphatic carbocycles. The minimum absolute atomic E-state index is 0.122. The average Bonchev–Trinajstić information content (AvgIpc) is 3.02. The summed E-state index contributed by atoms with van der Waals surface area (Å²) in [6.07, 6.45) is -0.542. The number of ether oxygens (including phenoxy) is 4. The monoisotopic (exact) mass is 630 g/mol. The third-order valence-corrected chi connectivity index (χ3v) is 7.44. The Morgan fingerprint density at radius 3 is 1.56 bits per heavy atom. The molecule has 0 aliphatic heterocycles. The number of nitrogens with one attached hydrogen (secondary N) is 2. The van der Waals surface area contributed by atoms with E-state index in [1.54, 1.807) is 0 Å². The van der Waals surface area contributed by atoms with E-state index >= 15 is 0 Å². The van der Waals surface area contributed by atoms with Crippen LogP contribution in [0.1, 0.15) is 49.7 Å². The molecule has 0 spiro atoms. The Morgan fingerprint density at radius 1 is 0.667 bits per heavy atom.